The number of nitro groups is 1. The number of methoxy groups -OCH3 is 1. The molecule has 0 aromatic heterocycles. The van der Waals surface area contributed by atoms with Crippen LogP contribution in [0.25, 0.3) is 0 Å². The molecule has 1 fully saturated rings. The molecule has 0 spiro atoms. The van der Waals surface area contributed by atoms with E-state index in [4.69, 9.17) is 4.74 Å². The van der Waals surface area contributed by atoms with Gasteiger partial charge in [-0.1, -0.05) is 12.1 Å². The lowest BCUT2D eigenvalue weighted by Crippen LogP contribution is -2.38. The molecular formula is C19H20N2O5. The number of likely N-dealkylation sites (tertiary alicyclic amines) is 1. The van der Waals surface area contributed by atoms with E-state index in [9.17, 15) is 20.0 Å². The van der Waals surface area contributed by atoms with Crippen LogP contribution in [0.15, 0.2) is 42.5 Å². The molecule has 1 heterocycles. The second-order valence-corrected chi connectivity index (χ2v) is 6.30. The van der Waals surface area contributed by atoms with Crippen molar-refractivity contribution in [2.45, 2.75) is 18.8 Å². The van der Waals surface area contributed by atoms with Crippen molar-refractivity contribution in [1.29, 1.82) is 0 Å². The van der Waals surface area contributed by atoms with Crippen LogP contribution in [0.2, 0.25) is 0 Å². The Morgan fingerprint density at radius 1 is 1.19 bits per heavy atom. The lowest BCUT2D eigenvalue weighted by Gasteiger charge is -2.32. The number of phenols is 1. The number of phenolic OH excluding ortho intramolecular Hbond substituents is 1. The van der Waals surface area contributed by atoms with E-state index in [1.54, 1.807) is 17.0 Å². The fourth-order valence-corrected chi connectivity index (χ4v) is 3.31. The molecular weight excluding hydrogens is 336 g/mol. The molecule has 2 aromatic carbocycles. The minimum absolute atomic E-state index is 0.131. The first-order valence-electron chi connectivity index (χ1n) is 8.40. The molecule has 1 saturated heterocycles. The molecule has 0 atom stereocenters. The highest BCUT2D eigenvalue weighted by Crippen LogP contribution is 2.31. The number of nitro benzene ring substituents is 1. The van der Waals surface area contributed by atoms with Crippen LogP contribution < -0.4 is 4.74 Å². The van der Waals surface area contributed by atoms with E-state index in [1.807, 2.05) is 12.1 Å². The van der Waals surface area contributed by atoms with Crippen LogP contribution >= 0.6 is 0 Å². The van der Waals surface area contributed by atoms with E-state index in [1.165, 1.54) is 25.3 Å². The molecule has 0 unspecified atom stereocenters. The van der Waals surface area contributed by atoms with Gasteiger partial charge in [-0.2, -0.15) is 0 Å². The molecule has 7 nitrogen and oxygen atoms in total. The van der Waals surface area contributed by atoms with Gasteiger partial charge in [-0.25, -0.2) is 0 Å². The van der Waals surface area contributed by atoms with Crippen LogP contribution in [-0.4, -0.2) is 41.0 Å². The van der Waals surface area contributed by atoms with Gasteiger partial charge in [-0.3, -0.25) is 14.9 Å². The van der Waals surface area contributed by atoms with Gasteiger partial charge in [0.25, 0.3) is 11.6 Å². The molecule has 7 heteroatoms. The van der Waals surface area contributed by atoms with E-state index in [2.05, 4.69) is 0 Å². The van der Waals surface area contributed by atoms with E-state index in [-0.39, 0.29) is 22.9 Å². The summed E-state index contributed by atoms with van der Waals surface area (Å²) in [4.78, 5) is 25.0. The van der Waals surface area contributed by atoms with Crippen molar-refractivity contribution in [3.05, 3.63) is 63.7 Å². The Morgan fingerprint density at radius 2 is 1.85 bits per heavy atom. The van der Waals surface area contributed by atoms with Crippen LogP contribution in [0, 0.1) is 10.1 Å². The van der Waals surface area contributed by atoms with Crippen molar-refractivity contribution in [2.24, 2.45) is 0 Å². The van der Waals surface area contributed by atoms with Crippen molar-refractivity contribution >= 4 is 11.6 Å². The summed E-state index contributed by atoms with van der Waals surface area (Å²) < 4.78 is 5.20. The maximum Gasteiger partial charge on any atom is 0.270 e. The van der Waals surface area contributed by atoms with Crippen LogP contribution in [-0.2, 0) is 0 Å². The Balaban J connectivity index is 1.73. The van der Waals surface area contributed by atoms with E-state index in [0.717, 1.165) is 18.4 Å². The standard InChI is InChI=1S/C19H20N2O5/c1-26-18-7-4-15(21(24)25)12-17(18)19(23)20-10-8-14(9-11-20)13-2-5-16(22)6-3-13/h2-7,12,14,22H,8-11H2,1H3. The van der Waals surface area contributed by atoms with E-state index in [0.29, 0.717) is 24.8 Å². The summed E-state index contributed by atoms with van der Waals surface area (Å²) in [7, 11) is 1.44. The number of rotatable bonds is 4. The highest BCUT2D eigenvalue weighted by molar-refractivity contribution is 5.97. The molecule has 1 aliphatic heterocycles. The van der Waals surface area contributed by atoms with E-state index >= 15 is 0 Å². The summed E-state index contributed by atoms with van der Waals surface area (Å²) in [5, 5.41) is 20.4. The zero-order chi connectivity index (χ0) is 18.7. The summed E-state index contributed by atoms with van der Waals surface area (Å²) in [5.41, 5.74) is 1.22. The number of hydrogen-bond acceptors (Lipinski definition) is 5. The number of carbonyl (C=O) groups excluding carboxylic acids is 1. The first kappa shape index (κ1) is 17.7. The van der Waals surface area contributed by atoms with Gasteiger partial charge in [0.2, 0.25) is 0 Å². The minimum Gasteiger partial charge on any atom is -0.508 e. The molecule has 1 N–H and O–H groups in total. The Hall–Kier alpha value is -3.09. The van der Waals surface area contributed by atoms with Crippen LogP contribution in [0.5, 0.6) is 11.5 Å². The highest BCUT2D eigenvalue weighted by atomic mass is 16.6. The maximum absolute atomic E-state index is 12.8. The molecule has 0 radical (unpaired) electrons. The quantitative estimate of drug-likeness (QED) is 0.670. The second-order valence-electron chi connectivity index (χ2n) is 6.30. The first-order chi connectivity index (χ1) is 12.5. The number of benzene rings is 2. The van der Waals surface area contributed by atoms with Crippen LogP contribution in [0.3, 0.4) is 0 Å². The number of non-ortho nitro benzene ring substituents is 1. The van der Waals surface area contributed by atoms with E-state index < -0.39 is 4.92 Å². The molecule has 136 valence electrons. The third-order valence-electron chi connectivity index (χ3n) is 4.77. The lowest BCUT2D eigenvalue weighted by atomic mass is 9.89. The topological polar surface area (TPSA) is 92.9 Å². The number of amides is 1. The third kappa shape index (κ3) is 3.61. The zero-order valence-corrected chi connectivity index (χ0v) is 14.4. The summed E-state index contributed by atoms with van der Waals surface area (Å²) in [6.07, 6.45) is 1.60. The summed E-state index contributed by atoms with van der Waals surface area (Å²) in [6, 6.07) is 11.2. The third-order valence-corrected chi connectivity index (χ3v) is 4.77. The van der Waals surface area contributed by atoms with Crippen LogP contribution in [0.1, 0.15) is 34.7 Å². The lowest BCUT2D eigenvalue weighted by molar-refractivity contribution is -0.384. The molecule has 2 aromatic rings. The smallest absolute Gasteiger partial charge is 0.270 e. The highest BCUT2D eigenvalue weighted by Gasteiger charge is 2.27. The van der Waals surface area contributed by atoms with Gasteiger partial charge in [0.05, 0.1) is 17.6 Å². The number of ether oxygens (including phenoxy) is 1. The van der Waals surface area contributed by atoms with Crippen molar-refractivity contribution in [3.8, 4) is 11.5 Å². The Kier molecular flexibility index (Phi) is 5.06. The minimum atomic E-state index is -0.521. The SMILES string of the molecule is COc1ccc([N+](=O)[O-])cc1C(=O)N1CCC(c2ccc(O)cc2)CC1. The van der Waals surface area contributed by atoms with Gasteiger partial charge in [0, 0.05) is 25.2 Å². The number of hydrogen-bond donors (Lipinski definition) is 1. The predicted octanol–water partition coefficient (Wildman–Crippen LogP) is 3.33. The molecule has 26 heavy (non-hydrogen) atoms. The number of carbonyl (C=O) groups is 1. The van der Waals surface area contributed by atoms with Gasteiger partial charge in [-0.15, -0.1) is 0 Å². The molecule has 0 bridgehead atoms. The predicted molar refractivity (Wildman–Crippen MR) is 95.6 cm³/mol. The Morgan fingerprint density at radius 3 is 2.42 bits per heavy atom. The number of aromatic hydroxyl groups is 1. The molecule has 3 rings (SSSR count). The number of nitrogens with zero attached hydrogens (tertiary/aromatic N) is 2. The fourth-order valence-electron chi connectivity index (χ4n) is 3.31. The van der Waals surface area contributed by atoms with Crippen molar-refractivity contribution in [2.75, 3.05) is 20.2 Å². The van der Waals surface area contributed by atoms with Crippen LogP contribution in [0.4, 0.5) is 5.69 Å². The van der Waals surface area contributed by atoms with Crippen molar-refractivity contribution < 1.29 is 19.6 Å². The summed E-state index contributed by atoms with van der Waals surface area (Å²) in [5.74, 6) is 0.641. The molecule has 0 saturated carbocycles. The van der Waals surface area contributed by atoms with Gasteiger partial charge in [0.15, 0.2) is 0 Å². The average Bonchev–Trinajstić information content (AvgIpc) is 2.67. The molecule has 1 aliphatic rings. The normalized spacial score (nSPS) is 14.9. The van der Waals surface area contributed by atoms with Gasteiger partial charge in [0.1, 0.15) is 11.5 Å². The van der Waals surface area contributed by atoms with Gasteiger partial charge >= 0.3 is 0 Å². The molecule has 1 amide bonds. The largest absolute Gasteiger partial charge is 0.508 e. The summed E-state index contributed by atoms with van der Waals surface area (Å²) in [6.45, 7) is 1.13. The van der Waals surface area contributed by atoms with Crippen molar-refractivity contribution in [3.63, 3.8) is 0 Å². The second kappa shape index (κ2) is 7.43. The Bertz CT molecular complexity index is 811. The summed E-state index contributed by atoms with van der Waals surface area (Å²) >= 11 is 0. The monoisotopic (exact) mass is 356 g/mol. The maximum atomic E-state index is 12.8. The molecule has 0 aliphatic carbocycles. The fraction of sp³-hybridized carbons (Fsp3) is 0.316. The zero-order valence-electron chi connectivity index (χ0n) is 14.4. The van der Waals surface area contributed by atoms with Gasteiger partial charge in [-0.05, 0) is 42.5 Å². The van der Waals surface area contributed by atoms with Crippen molar-refractivity contribution in [1.82, 2.24) is 4.90 Å². The average molecular weight is 356 g/mol. The first-order valence-corrected chi connectivity index (χ1v) is 8.40. The van der Waals surface area contributed by atoms with Gasteiger partial charge < -0.3 is 14.7 Å². The Labute approximate surface area is 151 Å². The number of piperidine rings is 1.